The van der Waals surface area contributed by atoms with Gasteiger partial charge in [-0.1, -0.05) is 24.3 Å². The molecule has 0 bridgehead atoms. The smallest absolute Gasteiger partial charge is 0.123 e. The van der Waals surface area contributed by atoms with Crippen molar-refractivity contribution in [2.45, 2.75) is 10.6 Å². The minimum absolute atomic E-state index is 0.308. The molecule has 1 heterocycles. The summed E-state index contributed by atoms with van der Waals surface area (Å²) in [5.74, 6) is 6.45. The van der Waals surface area contributed by atoms with Crippen LogP contribution in [0.4, 0.5) is 5.69 Å². The Morgan fingerprint density at radius 1 is 1.10 bits per heavy atom. The van der Waals surface area contributed by atoms with Crippen LogP contribution in [0, 0.1) is 0 Å². The first-order chi connectivity index (χ1) is 10.3. The number of pyridine rings is 1. The van der Waals surface area contributed by atoms with Crippen LogP contribution in [0.3, 0.4) is 0 Å². The third kappa shape index (κ3) is 2.94. The average Bonchev–Trinajstić information content (AvgIpc) is 2.55. The first-order valence-electron chi connectivity index (χ1n) is 6.53. The maximum absolute atomic E-state index is 9.91. The zero-order valence-corrected chi connectivity index (χ0v) is 12.1. The molecule has 3 rings (SSSR count). The van der Waals surface area contributed by atoms with Gasteiger partial charge in [-0.15, -0.1) is 11.8 Å². The normalized spacial score (nSPS) is 10.7. The highest BCUT2D eigenvalue weighted by Gasteiger charge is 2.06. The van der Waals surface area contributed by atoms with Crippen LogP contribution in [0.1, 0.15) is 5.69 Å². The zero-order chi connectivity index (χ0) is 14.7. The maximum Gasteiger partial charge on any atom is 0.123 e. The Balaban J connectivity index is 1.87. The summed E-state index contributed by atoms with van der Waals surface area (Å²) in [5.41, 5.74) is 4.42. The number of phenolic OH excluding ortho intramolecular Hbond substituents is 1. The third-order valence-corrected chi connectivity index (χ3v) is 4.33. The predicted molar refractivity (Wildman–Crippen MR) is 87.2 cm³/mol. The highest BCUT2D eigenvalue weighted by molar-refractivity contribution is 7.98. The van der Waals surface area contributed by atoms with Gasteiger partial charge in [0.05, 0.1) is 11.4 Å². The lowest BCUT2D eigenvalue weighted by Gasteiger charge is -2.08. The van der Waals surface area contributed by atoms with Gasteiger partial charge >= 0.3 is 0 Å². The van der Waals surface area contributed by atoms with Crippen molar-refractivity contribution in [2.75, 3.05) is 5.43 Å². The number of nitrogens with two attached hydrogens (primary N) is 1. The molecule has 0 aliphatic heterocycles. The van der Waals surface area contributed by atoms with Crippen LogP contribution < -0.4 is 11.3 Å². The summed E-state index contributed by atoms with van der Waals surface area (Å²) in [4.78, 5) is 5.46. The van der Waals surface area contributed by atoms with Crippen molar-refractivity contribution in [3.63, 3.8) is 0 Å². The van der Waals surface area contributed by atoms with Crippen molar-refractivity contribution >= 4 is 28.2 Å². The lowest BCUT2D eigenvalue weighted by Crippen LogP contribution is -2.07. The summed E-state index contributed by atoms with van der Waals surface area (Å²) in [6.45, 7) is 0. The lowest BCUT2D eigenvalue weighted by atomic mass is 10.1. The molecule has 106 valence electrons. The second kappa shape index (κ2) is 6.03. The minimum Gasteiger partial charge on any atom is -0.507 e. The second-order valence-corrected chi connectivity index (χ2v) is 5.61. The van der Waals surface area contributed by atoms with Crippen molar-refractivity contribution in [1.29, 1.82) is 0 Å². The first-order valence-corrected chi connectivity index (χ1v) is 7.51. The predicted octanol–water partition coefficient (Wildman–Crippen LogP) is 3.52. The quantitative estimate of drug-likeness (QED) is 0.390. The van der Waals surface area contributed by atoms with Gasteiger partial charge in [-0.3, -0.25) is 10.8 Å². The summed E-state index contributed by atoms with van der Waals surface area (Å²) in [6, 6.07) is 15.3. The molecule has 0 amide bonds. The molecule has 0 saturated carbocycles. The van der Waals surface area contributed by atoms with E-state index in [9.17, 15) is 5.11 Å². The maximum atomic E-state index is 9.91. The molecule has 1 aromatic heterocycles. The Kier molecular flexibility index (Phi) is 3.94. The molecule has 0 radical (unpaired) electrons. The molecule has 5 heteroatoms. The number of anilines is 1. The molecule has 0 atom stereocenters. The van der Waals surface area contributed by atoms with E-state index in [2.05, 4.69) is 10.4 Å². The van der Waals surface area contributed by atoms with E-state index in [4.69, 9.17) is 5.84 Å². The van der Waals surface area contributed by atoms with Gasteiger partial charge in [-0.25, -0.2) is 0 Å². The van der Waals surface area contributed by atoms with Crippen LogP contribution in [0.5, 0.6) is 5.75 Å². The molecule has 0 unspecified atom stereocenters. The Hall–Kier alpha value is -2.24. The summed E-state index contributed by atoms with van der Waals surface area (Å²) >= 11 is 1.69. The highest BCUT2D eigenvalue weighted by Crippen LogP contribution is 2.34. The van der Waals surface area contributed by atoms with Crippen molar-refractivity contribution in [3.05, 3.63) is 60.4 Å². The number of thioether (sulfide) groups is 1. The number of rotatable bonds is 4. The van der Waals surface area contributed by atoms with Crippen LogP contribution in [0.15, 0.2) is 59.6 Å². The summed E-state index contributed by atoms with van der Waals surface area (Å²) < 4.78 is 0. The van der Waals surface area contributed by atoms with Gasteiger partial charge in [0.1, 0.15) is 5.75 Å². The van der Waals surface area contributed by atoms with E-state index in [1.165, 1.54) is 0 Å². The van der Waals surface area contributed by atoms with E-state index in [1.807, 2.05) is 42.5 Å². The van der Waals surface area contributed by atoms with Gasteiger partial charge in [0, 0.05) is 22.2 Å². The minimum atomic E-state index is 0.308. The first kappa shape index (κ1) is 13.7. The van der Waals surface area contributed by atoms with Gasteiger partial charge in [-0.2, -0.15) is 0 Å². The molecular formula is C16H15N3OS. The number of hydrogen-bond donors (Lipinski definition) is 3. The fraction of sp³-hybridized carbons (Fsp3) is 0.0625. The monoisotopic (exact) mass is 297 g/mol. The van der Waals surface area contributed by atoms with Gasteiger partial charge in [0.2, 0.25) is 0 Å². The molecule has 0 spiro atoms. The standard InChI is InChI=1S/C16H15N3OS/c17-19-11-7-8-18-12(9-11)10-21-16-6-5-15(20)13-3-1-2-4-14(13)16/h1-9,20H,10,17H2,(H,18,19). The average molecular weight is 297 g/mol. The fourth-order valence-electron chi connectivity index (χ4n) is 2.18. The van der Waals surface area contributed by atoms with E-state index in [0.717, 1.165) is 32.8 Å². The largest absolute Gasteiger partial charge is 0.507 e. The van der Waals surface area contributed by atoms with Crippen molar-refractivity contribution in [1.82, 2.24) is 4.98 Å². The van der Waals surface area contributed by atoms with E-state index < -0.39 is 0 Å². The Morgan fingerprint density at radius 3 is 2.71 bits per heavy atom. The molecule has 3 aromatic rings. The fourth-order valence-corrected chi connectivity index (χ4v) is 3.14. The van der Waals surface area contributed by atoms with E-state index in [-0.39, 0.29) is 0 Å². The molecule has 0 saturated heterocycles. The molecule has 4 N–H and O–H groups in total. The number of fused-ring (bicyclic) bond motifs is 1. The molecular weight excluding hydrogens is 282 g/mol. The van der Waals surface area contributed by atoms with Crippen LogP contribution >= 0.6 is 11.8 Å². The number of phenols is 1. The Bertz CT molecular complexity index is 776. The third-order valence-electron chi connectivity index (χ3n) is 3.22. The van der Waals surface area contributed by atoms with Crippen LogP contribution in [-0.4, -0.2) is 10.1 Å². The van der Waals surface area contributed by atoms with Crippen molar-refractivity contribution < 1.29 is 5.11 Å². The highest BCUT2D eigenvalue weighted by atomic mass is 32.2. The number of nitrogen functional groups attached to an aromatic ring is 1. The lowest BCUT2D eigenvalue weighted by molar-refractivity contribution is 0.481. The van der Waals surface area contributed by atoms with Crippen LogP contribution in [-0.2, 0) is 5.75 Å². The number of hydrogen-bond acceptors (Lipinski definition) is 5. The number of nitrogens with one attached hydrogen (secondary N) is 1. The van der Waals surface area contributed by atoms with Crippen molar-refractivity contribution in [3.8, 4) is 5.75 Å². The molecule has 21 heavy (non-hydrogen) atoms. The number of nitrogens with zero attached hydrogens (tertiary/aromatic N) is 1. The summed E-state index contributed by atoms with van der Waals surface area (Å²) in [6.07, 6.45) is 1.74. The van der Waals surface area contributed by atoms with Crippen LogP contribution in [0.25, 0.3) is 10.8 Å². The second-order valence-electron chi connectivity index (χ2n) is 4.60. The Labute approximate surface area is 127 Å². The van der Waals surface area contributed by atoms with E-state index >= 15 is 0 Å². The van der Waals surface area contributed by atoms with Gasteiger partial charge in [-0.05, 0) is 29.7 Å². The number of benzene rings is 2. The summed E-state index contributed by atoms with van der Waals surface area (Å²) in [5, 5.41) is 11.8. The number of aromatic hydroxyl groups is 1. The van der Waals surface area contributed by atoms with Gasteiger partial charge in [0.25, 0.3) is 0 Å². The molecule has 4 nitrogen and oxygen atoms in total. The van der Waals surface area contributed by atoms with E-state index in [0.29, 0.717) is 5.75 Å². The number of hydrazine groups is 1. The molecule has 0 aliphatic rings. The van der Waals surface area contributed by atoms with E-state index in [1.54, 1.807) is 24.0 Å². The summed E-state index contributed by atoms with van der Waals surface area (Å²) in [7, 11) is 0. The number of aromatic nitrogens is 1. The van der Waals surface area contributed by atoms with Crippen molar-refractivity contribution in [2.24, 2.45) is 5.84 Å². The van der Waals surface area contributed by atoms with Crippen LogP contribution in [0.2, 0.25) is 0 Å². The van der Waals surface area contributed by atoms with Gasteiger partial charge in [0.15, 0.2) is 0 Å². The molecule has 0 fully saturated rings. The van der Waals surface area contributed by atoms with Gasteiger partial charge < -0.3 is 10.5 Å². The Morgan fingerprint density at radius 2 is 1.90 bits per heavy atom. The molecule has 0 aliphatic carbocycles. The zero-order valence-electron chi connectivity index (χ0n) is 11.3. The topological polar surface area (TPSA) is 71.2 Å². The molecule has 2 aromatic carbocycles. The SMILES string of the molecule is NNc1ccnc(CSc2ccc(O)c3ccccc23)c1.